The van der Waals surface area contributed by atoms with Crippen LogP contribution in [0.1, 0.15) is 23.7 Å². The molecule has 2 unspecified atom stereocenters. The standard InChI is InChI=1S/C14H13NO2/c1-8-2-3-12-9(4-8)5-11-13-6-10(7-16-13)17-14(11)15-12/h2-5,10,13H,6-7H2,1H3. The minimum absolute atomic E-state index is 0.182. The van der Waals surface area contributed by atoms with E-state index in [2.05, 4.69) is 30.1 Å². The highest BCUT2D eigenvalue weighted by Crippen LogP contribution is 2.41. The first-order valence-corrected chi connectivity index (χ1v) is 5.99. The summed E-state index contributed by atoms with van der Waals surface area (Å²) in [6.45, 7) is 2.79. The van der Waals surface area contributed by atoms with Crippen LogP contribution in [0.4, 0.5) is 0 Å². The number of hydrogen-bond acceptors (Lipinski definition) is 3. The summed E-state index contributed by atoms with van der Waals surface area (Å²) >= 11 is 0. The predicted octanol–water partition coefficient (Wildman–Crippen LogP) is 2.77. The van der Waals surface area contributed by atoms with Crippen LogP contribution in [0.2, 0.25) is 0 Å². The van der Waals surface area contributed by atoms with Gasteiger partial charge in [0.1, 0.15) is 6.10 Å². The van der Waals surface area contributed by atoms with Gasteiger partial charge in [-0.15, -0.1) is 0 Å². The zero-order valence-corrected chi connectivity index (χ0v) is 9.64. The summed E-state index contributed by atoms with van der Waals surface area (Å²) in [6, 6.07) is 8.45. The number of aromatic nitrogens is 1. The van der Waals surface area contributed by atoms with E-state index in [1.54, 1.807) is 0 Å². The average Bonchev–Trinajstić information content (AvgIpc) is 2.71. The van der Waals surface area contributed by atoms with Crippen molar-refractivity contribution in [2.75, 3.05) is 6.61 Å². The van der Waals surface area contributed by atoms with Crippen LogP contribution in [0.15, 0.2) is 24.3 Å². The van der Waals surface area contributed by atoms with Crippen LogP contribution < -0.4 is 4.74 Å². The lowest BCUT2D eigenvalue weighted by atomic mass is 10.0. The fourth-order valence-electron chi connectivity index (χ4n) is 2.67. The first-order chi connectivity index (χ1) is 8.29. The van der Waals surface area contributed by atoms with Crippen LogP contribution in [0.5, 0.6) is 5.88 Å². The van der Waals surface area contributed by atoms with Gasteiger partial charge in [-0.25, -0.2) is 4.98 Å². The highest BCUT2D eigenvalue weighted by molar-refractivity contribution is 5.81. The number of aryl methyl sites for hydroxylation is 1. The van der Waals surface area contributed by atoms with Crippen molar-refractivity contribution in [3.63, 3.8) is 0 Å². The lowest BCUT2D eigenvalue weighted by molar-refractivity contribution is 0.109. The van der Waals surface area contributed by atoms with Gasteiger partial charge in [-0.05, 0) is 25.1 Å². The highest BCUT2D eigenvalue weighted by Gasteiger charge is 2.36. The lowest BCUT2D eigenvalue weighted by Gasteiger charge is -2.21. The molecule has 1 aromatic heterocycles. The maximum Gasteiger partial charge on any atom is 0.220 e. The van der Waals surface area contributed by atoms with Crippen molar-refractivity contribution in [1.82, 2.24) is 4.98 Å². The van der Waals surface area contributed by atoms with Gasteiger partial charge < -0.3 is 9.47 Å². The molecule has 3 nitrogen and oxygen atoms in total. The largest absolute Gasteiger partial charge is 0.471 e. The van der Waals surface area contributed by atoms with Gasteiger partial charge in [-0.2, -0.15) is 0 Å². The van der Waals surface area contributed by atoms with E-state index in [4.69, 9.17) is 9.47 Å². The Bertz CT molecular complexity index is 608. The molecule has 2 aliphatic heterocycles. The first-order valence-electron chi connectivity index (χ1n) is 5.99. The van der Waals surface area contributed by atoms with Gasteiger partial charge in [-0.3, -0.25) is 0 Å². The second-order valence-electron chi connectivity index (χ2n) is 4.88. The van der Waals surface area contributed by atoms with Gasteiger partial charge in [0, 0.05) is 17.4 Å². The number of ether oxygens (including phenoxy) is 2. The van der Waals surface area contributed by atoms with E-state index in [-0.39, 0.29) is 12.2 Å². The molecule has 3 heterocycles. The predicted molar refractivity (Wildman–Crippen MR) is 64.2 cm³/mol. The molecule has 2 aliphatic rings. The van der Waals surface area contributed by atoms with Crippen LogP contribution in [0.25, 0.3) is 10.9 Å². The van der Waals surface area contributed by atoms with Gasteiger partial charge in [-0.1, -0.05) is 11.6 Å². The normalized spacial score (nSPS) is 25.7. The van der Waals surface area contributed by atoms with Crippen molar-refractivity contribution in [3.05, 3.63) is 35.4 Å². The SMILES string of the molecule is Cc1ccc2nc3c(cc2c1)C1CC(CO1)O3. The van der Waals surface area contributed by atoms with E-state index in [0.717, 1.165) is 23.4 Å². The lowest BCUT2D eigenvalue weighted by Crippen LogP contribution is -2.20. The summed E-state index contributed by atoms with van der Waals surface area (Å²) in [5, 5.41) is 1.17. The van der Waals surface area contributed by atoms with Crippen molar-refractivity contribution < 1.29 is 9.47 Å². The van der Waals surface area contributed by atoms with E-state index in [0.29, 0.717) is 6.61 Å². The highest BCUT2D eigenvalue weighted by atomic mass is 16.6. The third-order valence-corrected chi connectivity index (χ3v) is 3.55. The first kappa shape index (κ1) is 9.42. The van der Waals surface area contributed by atoms with Crippen LogP contribution in [0, 0.1) is 6.92 Å². The molecule has 1 saturated heterocycles. The second kappa shape index (κ2) is 3.20. The molecule has 0 spiro atoms. The minimum atomic E-state index is 0.182. The molecule has 2 aromatic rings. The van der Waals surface area contributed by atoms with E-state index in [1.165, 1.54) is 10.9 Å². The maximum absolute atomic E-state index is 5.82. The van der Waals surface area contributed by atoms with Gasteiger partial charge in [0.05, 0.1) is 18.2 Å². The van der Waals surface area contributed by atoms with Gasteiger partial charge in [0.2, 0.25) is 5.88 Å². The maximum atomic E-state index is 5.82. The fourth-order valence-corrected chi connectivity index (χ4v) is 2.67. The molecule has 2 bridgehead atoms. The number of benzene rings is 1. The van der Waals surface area contributed by atoms with Crippen molar-refractivity contribution >= 4 is 10.9 Å². The number of nitrogens with zero attached hydrogens (tertiary/aromatic N) is 1. The topological polar surface area (TPSA) is 31.4 Å². The van der Waals surface area contributed by atoms with Crippen LogP contribution in [0.3, 0.4) is 0 Å². The molecule has 1 fully saturated rings. The monoisotopic (exact) mass is 227 g/mol. The zero-order valence-electron chi connectivity index (χ0n) is 9.64. The Balaban J connectivity index is 1.97. The zero-order chi connectivity index (χ0) is 11.4. The summed E-state index contributed by atoms with van der Waals surface area (Å²) in [6.07, 6.45) is 1.34. The molecule has 0 amide bonds. The Morgan fingerprint density at radius 3 is 3.18 bits per heavy atom. The van der Waals surface area contributed by atoms with Crippen molar-refractivity contribution in [2.24, 2.45) is 0 Å². The number of fused-ring (bicyclic) bond motifs is 5. The molecule has 3 heteroatoms. The molecule has 0 saturated carbocycles. The Hall–Kier alpha value is -1.61. The van der Waals surface area contributed by atoms with Crippen molar-refractivity contribution in [3.8, 4) is 5.88 Å². The summed E-state index contributed by atoms with van der Waals surface area (Å²) < 4.78 is 11.5. The smallest absolute Gasteiger partial charge is 0.220 e. The van der Waals surface area contributed by atoms with E-state index < -0.39 is 0 Å². The Morgan fingerprint density at radius 2 is 2.24 bits per heavy atom. The van der Waals surface area contributed by atoms with Gasteiger partial charge in [0.25, 0.3) is 0 Å². The van der Waals surface area contributed by atoms with Crippen LogP contribution in [-0.4, -0.2) is 17.7 Å². The molecule has 17 heavy (non-hydrogen) atoms. The van der Waals surface area contributed by atoms with Crippen molar-refractivity contribution in [2.45, 2.75) is 25.6 Å². The Kier molecular flexibility index (Phi) is 1.77. The molecule has 0 radical (unpaired) electrons. The summed E-state index contributed by atoms with van der Waals surface area (Å²) in [5.41, 5.74) is 3.36. The summed E-state index contributed by atoms with van der Waals surface area (Å²) in [7, 11) is 0. The molecule has 86 valence electrons. The third-order valence-electron chi connectivity index (χ3n) is 3.55. The van der Waals surface area contributed by atoms with Gasteiger partial charge in [0.15, 0.2) is 0 Å². The number of pyridine rings is 1. The molecular formula is C14H13NO2. The molecular weight excluding hydrogens is 214 g/mol. The average molecular weight is 227 g/mol. The number of hydrogen-bond donors (Lipinski definition) is 0. The molecule has 2 atom stereocenters. The molecule has 0 aliphatic carbocycles. The van der Waals surface area contributed by atoms with Gasteiger partial charge >= 0.3 is 0 Å². The minimum Gasteiger partial charge on any atom is -0.471 e. The third kappa shape index (κ3) is 1.35. The quantitative estimate of drug-likeness (QED) is 0.693. The molecule has 4 rings (SSSR count). The number of rotatable bonds is 0. The summed E-state index contributed by atoms with van der Waals surface area (Å²) in [4.78, 5) is 4.60. The van der Waals surface area contributed by atoms with E-state index in [9.17, 15) is 0 Å². The van der Waals surface area contributed by atoms with Crippen LogP contribution >= 0.6 is 0 Å². The van der Waals surface area contributed by atoms with Crippen LogP contribution in [-0.2, 0) is 4.74 Å². The Labute approximate surface area is 99.4 Å². The van der Waals surface area contributed by atoms with E-state index >= 15 is 0 Å². The summed E-state index contributed by atoms with van der Waals surface area (Å²) in [5.74, 6) is 0.764. The Morgan fingerprint density at radius 1 is 1.29 bits per heavy atom. The molecule has 1 aromatic carbocycles. The molecule has 0 N–H and O–H groups in total. The van der Waals surface area contributed by atoms with Crippen molar-refractivity contribution in [1.29, 1.82) is 0 Å². The fraction of sp³-hybridized carbons (Fsp3) is 0.357. The van der Waals surface area contributed by atoms with E-state index in [1.807, 2.05) is 6.07 Å². The second-order valence-corrected chi connectivity index (χ2v) is 4.88.